The Morgan fingerprint density at radius 2 is 1.67 bits per heavy atom. The van der Waals surface area contributed by atoms with Gasteiger partial charge in [0.15, 0.2) is 0 Å². The Bertz CT molecular complexity index is 692. The van der Waals surface area contributed by atoms with Crippen LogP contribution in [0.15, 0.2) is 39.9 Å². The second-order valence-corrected chi connectivity index (χ2v) is 3.47. The summed E-state index contributed by atoms with van der Waals surface area (Å²) in [4.78, 5) is 23.9. The summed E-state index contributed by atoms with van der Waals surface area (Å²) < 4.78 is 2.80. The molecule has 1 aliphatic heterocycles. The van der Waals surface area contributed by atoms with Gasteiger partial charge in [0.25, 0.3) is 11.1 Å². The molecule has 0 amide bonds. The van der Waals surface area contributed by atoms with Crippen LogP contribution in [0, 0.1) is 0 Å². The van der Waals surface area contributed by atoms with Crippen molar-refractivity contribution in [2.75, 3.05) is 0 Å². The third-order valence-corrected chi connectivity index (χ3v) is 2.62. The minimum atomic E-state index is -0.140. The van der Waals surface area contributed by atoms with Crippen molar-refractivity contribution in [3.05, 3.63) is 51.0 Å². The summed E-state index contributed by atoms with van der Waals surface area (Å²) in [5.41, 5.74) is -0.255. The van der Waals surface area contributed by atoms with Crippen LogP contribution in [-0.2, 0) is 6.54 Å². The molecule has 15 heavy (non-hydrogen) atoms. The molecular weight excluding hydrogens is 192 g/mol. The lowest BCUT2D eigenvalue weighted by molar-refractivity contribution is 0.614. The second kappa shape index (κ2) is 2.70. The number of nitrogens with zero attached hydrogens (tertiary/aromatic N) is 2. The fourth-order valence-corrected chi connectivity index (χ4v) is 1.89. The monoisotopic (exact) mass is 200 g/mol. The molecule has 0 radical (unpaired) electrons. The molecule has 0 saturated heterocycles. The number of hydrogen-bond donors (Lipinski definition) is 0. The molecule has 0 fully saturated rings. The van der Waals surface area contributed by atoms with E-state index in [2.05, 4.69) is 0 Å². The van der Waals surface area contributed by atoms with Crippen LogP contribution < -0.4 is 11.1 Å². The van der Waals surface area contributed by atoms with Gasteiger partial charge in [-0.2, -0.15) is 0 Å². The highest BCUT2D eigenvalue weighted by molar-refractivity contribution is 5.80. The Labute approximate surface area is 84.7 Å². The van der Waals surface area contributed by atoms with Crippen molar-refractivity contribution in [1.82, 2.24) is 9.36 Å². The van der Waals surface area contributed by atoms with Crippen molar-refractivity contribution in [2.45, 2.75) is 6.54 Å². The van der Waals surface area contributed by atoms with E-state index in [1.807, 2.05) is 0 Å². The number of aromatic nitrogens is 2. The van der Waals surface area contributed by atoms with Crippen molar-refractivity contribution in [1.29, 1.82) is 0 Å². The van der Waals surface area contributed by atoms with E-state index < -0.39 is 0 Å². The maximum Gasteiger partial charge on any atom is 0.277 e. The van der Waals surface area contributed by atoms with Gasteiger partial charge < -0.3 is 0 Å². The normalized spacial score (nSPS) is 13.3. The van der Waals surface area contributed by atoms with E-state index in [-0.39, 0.29) is 11.1 Å². The number of benzene rings is 1. The highest BCUT2D eigenvalue weighted by atomic mass is 16.2. The first kappa shape index (κ1) is 8.23. The number of fused-ring (bicyclic) bond motifs is 2. The van der Waals surface area contributed by atoms with E-state index in [9.17, 15) is 9.59 Å². The van der Waals surface area contributed by atoms with Crippen LogP contribution in [0.1, 0.15) is 0 Å². The quantitative estimate of drug-likeness (QED) is 0.626. The zero-order valence-corrected chi connectivity index (χ0v) is 7.88. The largest absolute Gasteiger partial charge is 0.277 e. The molecule has 3 rings (SSSR count). The highest BCUT2D eigenvalue weighted by Gasteiger charge is 2.12. The number of rotatable bonds is 0. The maximum absolute atomic E-state index is 11.9. The second-order valence-electron chi connectivity index (χ2n) is 3.47. The SMILES string of the molecule is O=c1c2ccccc2c(=O)n2n1C=CC2. The Hall–Kier alpha value is -2.10. The smallest absolute Gasteiger partial charge is 0.267 e. The first-order chi connectivity index (χ1) is 7.29. The van der Waals surface area contributed by atoms with Crippen molar-refractivity contribution in [3.8, 4) is 0 Å². The van der Waals surface area contributed by atoms with Crippen molar-refractivity contribution >= 4 is 17.0 Å². The van der Waals surface area contributed by atoms with Crippen molar-refractivity contribution < 1.29 is 0 Å². The van der Waals surface area contributed by atoms with E-state index in [0.29, 0.717) is 17.3 Å². The van der Waals surface area contributed by atoms with E-state index in [1.165, 1.54) is 9.36 Å². The van der Waals surface area contributed by atoms with Gasteiger partial charge in [-0.25, -0.2) is 9.36 Å². The summed E-state index contributed by atoms with van der Waals surface area (Å²) in [5, 5.41) is 0.966. The molecule has 0 atom stereocenters. The zero-order chi connectivity index (χ0) is 10.4. The average Bonchev–Trinajstić information content (AvgIpc) is 2.75. The average molecular weight is 200 g/mol. The zero-order valence-electron chi connectivity index (χ0n) is 7.88. The third-order valence-electron chi connectivity index (χ3n) is 2.62. The molecule has 4 nitrogen and oxygen atoms in total. The predicted octanol–water partition coefficient (Wildman–Crippen LogP) is 0.647. The number of allylic oxidation sites excluding steroid dienone is 1. The molecule has 1 aromatic carbocycles. The lowest BCUT2D eigenvalue weighted by Crippen LogP contribution is -2.33. The van der Waals surface area contributed by atoms with Gasteiger partial charge in [0, 0.05) is 6.20 Å². The van der Waals surface area contributed by atoms with Gasteiger partial charge >= 0.3 is 0 Å². The molecule has 0 saturated carbocycles. The van der Waals surface area contributed by atoms with E-state index in [4.69, 9.17) is 0 Å². The molecule has 0 aliphatic carbocycles. The molecule has 1 aromatic heterocycles. The molecule has 2 aromatic rings. The maximum atomic E-state index is 11.9. The molecular formula is C11H8N2O2. The lowest BCUT2D eigenvalue weighted by Gasteiger charge is -2.06. The lowest BCUT2D eigenvalue weighted by atomic mass is 10.2. The first-order valence-corrected chi connectivity index (χ1v) is 4.70. The molecule has 0 unspecified atom stereocenters. The first-order valence-electron chi connectivity index (χ1n) is 4.70. The number of hydrogen-bond acceptors (Lipinski definition) is 2. The molecule has 0 N–H and O–H groups in total. The van der Waals surface area contributed by atoms with Crippen LogP contribution in [0.4, 0.5) is 0 Å². The van der Waals surface area contributed by atoms with Crippen LogP contribution in [-0.4, -0.2) is 9.36 Å². The Morgan fingerprint density at radius 3 is 2.40 bits per heavy atom. The van der Waals surface area contributed by atoms with Crippen LogP contribution in [0.25, 0.3) is 17.0 Å². The van der Waals surface area contributed by atoms with Gasteiger partial charge in [0.05, 0.1) is 17.3 Å². The molecule has 0 bridgehead atoms. The Kier molecular flexibility index (Phi) is 1.48. The highest BCUT2D eigenvalue weighted by Crippen LogP contribution is 2.06. The van der Waals surface area contributed by atoms with Crippen LogP contribution in [0.5, 0.6) is 0 Å². The third kappa shape index (κ3) is 0.958. The molecule has 0 spiro atoms. The van der Waals surface area contributed by atoms with Gasteiger partial charge in [-0.15, -0.1) is 0 Å². The fourth-order valence-electron chi connectivity index (χ4n) is 1.89. The van der Waals surface area contributed by atoms with Crippen LogP contribution in [0.2, 0.25) is 0 Å². The standard InChI is InChI=1S/C11H8N2O2/c14-10-8-4-1-2-5-9(8)11(15)13-7-3-6-12(10)13/h1-6H,7H2. The summed E-state index contributed by atoms with van der Waals surface area (Å²) in [6.45, 7) is 0.471. The Balaban J connectivity index is 2.67. The summed E-state index contributed by atoms with van der Waals surface area (Å²) in [5.74, 6) is 0. The van der Waals surface area contributed by atoms with Gasteiger partial charge in [0.1, 0.15) is 0 Å². The van der Waals surface area contributed by atoms with Crippen molar-refractivity contribution in [3.63, 3.8) is 0 Å². The Morgan fingerprint density at radius 1 is 1.00 bits per heavy atom. The van der Waals surface area contributed by atoms with Crippen molar-refractivity contribution in [2.24, 2.45) is 0 Å². The summed E-state index contributed by atoms with van der Waals surface area (Å²) in [7, 11) is 0. The van der Waals surface area contributed by atoms with E-state index in [1.54, 1.807) is 36.5 Å². The fraction of sp³-hybridized carbons (Fsp3) is 0.0909. The molecule has 2 heterocycles. The van der Waals surface area contributed by atoms with Crippen LogP contribution >= 0.6 is 0 Å². The molecule has 4 heteroatoms. The minimum Gasteiger partial charge on any atom is -0.267 e. The van der Waals surface area contributed by atoms with E-state index in [0.717, 1.165) is 0 Å². The summed E-state index contributed by atoms with van der Waals surface area (Å²) in [6.07, 6.45) is 3.43. The topological polar surface area (TPSA) is 44.0 Å². The van der Waals surface area contributed by atoms with Gasteiger partial charge in [-0.3, -0.25) is 9.59 Å². The van der Waals surface area contributed by atoms with Gasteiger partial charge in [-0.1, -0.05) is 12.1 Å². The van der Waals surface area contributed by atoms with Gasteiger partial charge in [-0.05, 0) is 18.2 Å². The summed E-state index contributed by atoms with van der Waals surface area (Å²) in [6, 6.07) is 6.90. The molecule has 74 valence electrons. The summed E-state index contributed by atoms with van der Waals surface area (Å²) >= 11 is 0. The predicted molar refractivity (Wildman–Crippen MR) is 57.8 cm³/mol. The molecule has 1 aliphatic rings. The van der Waals surface area contributed by atoms with Gasteiger partial charge in [0.2, 0.25) is 0 Å². The van der Waals surface area contributed by atoms with E-state index >= 15 is 0 Å². The van der Waals surface area contributed by atoms with Crippen LogP contribution in [0.3, 0.4) is 0 Å². The minimum absolute atomic E-state index is 0.116.